The molecule has 5 nitrogen and oxygen atoms in total. The highest BCUT2D eigenvalue weighted by Crippen LogP contribution is 2.38. The Kier molecular flexibility index (Phi) is 4.45. The van der Waals surface area contributed by atoms with E-state index in [0.717, 1.165) is 27.1 Å². The first kappa shape index (κ1) is 16.0. The van der Waals surface area contributed by atoms with E-state index in [1.807, 2.05) is 55.5 Å². The van der Waals surface area contributed by atoms with E-state index in [1.165, 1.54) is 11.3 Å². The Morgan fingerprint density at radius 1 is 1.25 bits per heavy atom. The van der Waals surface area contributed by atoms with E-state index in [9.17, 15) is 5.26 Å². The van der Waals surface area contributed by atoms with Crippen LogP contribution in [-0.4, -0.2) is 37.4 Å². The molecule has 2 aromatic heterocycles. The molecule has 0 saturated heterocycles. The molecule has 120 valence electrons. The topological polar surface area (TPSA) is 61.5 Å². The Bertz CT molecular complexity index is 936. The number of rotatable bonds is 4. The third-order valence-corrected chi connectivity index (χ3v) is 4.47. The van der Waals surface area contributed by atoms with E-state index in [0.29, 0.717) is 10.6 Å². The van der Waals surface area contributed by atoms with Crippen molar-refractivity contribution >= 4 is 33.6 Å². The van der Waals surface area contributed by atoms with Crippen LogP contribution in [0.5, 0.6) is 5.75 Å². The normalized spacial score (nSPS) is 10.9. The first-order valence-electron chi connectivity index (χ1n) is 7.30. The standard InChI is InChI=1S/C18H16N4OS/c1-22(2)11-21-17-15-8-13(10-20-18(15)24-16(17)9-19)12-4-6-14(23-3)7-5-12/h4-8,10-11H,1-3H3. The lowest BCUT2D eigenvalue weighted by Gasteiger charge is -2.04. The Labute approximate surface area is 144 Å². The van der Waals surface area contributed by atoms with Gasteiger partial charge in [0.1, 0.15) is 27.2 Å². The van der Waals surface area contributed by atoms with E-state index < -0.39 is 0 Å². The van der Waals surface area contributed by atoms with Crippen molar-refractivity contribution in [2.24, 2.45) is 4.99 Å². The summed E-state index contributed by atoms with van der Waals surface area (Å²) < 4.78 is 5.19. The van der Waals surface area contributed by atoms with Gasteiger partial charge in [-0.1, -0.05) is 12.1 Å². The third-order valence-electron chi connectivity index (χ3n) is 3.46. The number of benzene rings is 1. The van der Waals surface area contributed by atoms with Gasteiger partial charge in [-0.2, -0.15) is 5.26 Å². The van der Waals surface area contributed by atoms with E-state index in [2.05, 4.69) is 16.0 Å². The smallest absolute Gasteiger partial charge is 0.133 e. The predicted molar refractivity (Wildman–Crippen MR) is 98.2 cm³/mol. The number of fused-ring (bicyclic) bond motifs is 1. The van der Waals surface area contributed by atoms with Crippen molar-refractivity contribution in [3.8, 4) is 22.9 Å². The second-order valence-electron chi connectivity index (χ2n) is 5.40. The molecule has 0 bridgehead atoms. The van der Waals surface area contributed by atoms with Crippen LogP contribution in [-0.2, 0) is 0 Å². The monoisotopic (exact) mass is 336 g/mol. The lowest BCUT2D eigenvalue weighted by molar-refractivity contribution is 0.415. The number of aromatic nitrogens is 1. The number of aliphatic imine (C=N–C) groups is 1. The van der Waals surface area contributed by atoms with Crippen LogP contribution >= 0.6 is 11.3 Å². The maximum atomic E-state index is 9.36. The number of hydrogen-bond donors (Lipinski definition) is 0. The minimum Gasteiger partial charge on any atom is -0.497 e. The van der Waals surface area contributed by atoms with Crippen molar-refractivity contribution in [2.75, 3.05) is 21.2 Å². The number of ether oxygens (including phenoxy) is 1. The van der Waals surface area contributed by atoms with Crippen LogP contribution in [0.4, 0.5) is 5.69 Å². The molecule has 24 heavy (non-hydrogen) atoms. The van der Waals surface area contributed by atoms with E-state index >= 15 is 0 Å². The Balaban J connectivity index is 2.12. The van der Waals surface area contributed by atoms with Gasteiger partial charge in [-0.3, -0.25) is 0 Å². The summed E-state index contributed by atoms with van der Waals surface area (Å²) in [5, 5.41) is 10.3. The average molecular weight is 336 g/mol. The molecule has 0 N–H and O–H groups in total. The fourth-order valence-electron chi connectivity index (χ4n) is 2.29. The van der Waals surface area contributed by atoms with Crippen molar-refractivity contribution in [2.45, 2.75) is 0 Å². The maximum absolute atomic E-state index is 9.36. The third kappa shape index (κ3) is 3.07. The fourth-order valence-corrected chi connectivity index (χ4v) is 3.16. The van der Waals surface area contributed by atoms with Crippen LogP contribution in [0, 0.1) is 11.3 Å². The summed E-state index contributed by atoms with van der Waals surface area (Å²) in [6.07, 6.45) is 3.52. The summed E-state index contributed by atoms with van der Waals surface area (Å²) in [6, 6.07) is 12.1. The minimum atomic E-state index is 0.572. The zero-order chi connectivity index (χ0) is 17.1. The van der Waals surface area contributed by atoms with Crippen LogP contribution in [0.25, 0.3) is 21.3 Å². The summed E-state index contributed by atoms with van der Waals surface area (Å²) in [5.41, 5.74) is 2.69. The van der Waals surface area contributed by atoms with E-state index in [1.54, 1.807) is 13.4 Å². The predicted octanol–water partition coefficient (Wildman–Crippen LogP) is 4.06. The molecule has 3 aromatic rings. The van der Waals surface area contributed by atoms with Crippen LogP contribution in [0.1, 0.15) is 4.88 Å². The van der Waals surface area contributed by atoms with Gasteiger partial charge in [-0.05, 0) is 23.8 Å². The highest BCUT2D eigenvalue weighted by Gasteiger charge is 2.13. The van der Waals surface area contributed by atoms with Crippen LogP contribution in [0.3, 0.4) is 0 Å². The van der Waals surface area contributed by atoms with E-state index in [4.69, 9.17) is 4.74 Å². The molecule has 0 unspecified atom stereocenters. The van der Waals surface area contributed by atoms with Crippen LogP contribution in [0.2, 0.25) is 0 Å². The maximum Gasteiger partial charge on any atom is 0.133 e. The van der Waals surface area contributed by atoms with Gasteiger partial charge >= 0.3 is 0 Å². The Hall–Kier alpha value is -2.91. The number of hydrogen-bond acceptors (Lipinski definition) is 5. The molecule has 0 aliphatic carbocycles. The molecule has 0 fully saturated rings. The molecule has 1 aromatic carbocycles. The molecular formula is C18H16N4OS. The summed E-state index contributed by atoms with van der Waals surface area (Å²) in [7, 11) is 5.43. The Morgan fingerprint density at radius 2 is 2.00 bits per heavy atom. The van der Waals surface area contributed by atoms with Crippen molar-refractivity contribution in [3.05, 3.63) is 41.4 Å². The zero-order valence-electron chi connectivity index (χ0n) is 13.6. The number of thiophene rings is 1. The Morgan fingerprint density at radius 3 is 2.62 bits per heavy atom. The van der Waals surface area contributed by atoms with E-state index in [-0.39, 0.29) is 0 Å². The fraction of sp³-hybridized carbons (Fsp3) is 0.167. The summed E-state index contributed by atoms with van der Waals surface area (Å²) in [6.45, 7) is 0. The number of pyridine rings is 1. The van der Waals surface area contributed by atoms with Crippen molar-refractivity contribution in [1.29, 1.82) is 5.26 Å². The number of nitrogens with zero attached hydrogens (tertiary/aromatic N) is 4. The van der Waals surface area contributed by atoms with Crippen LogP contribution in [0.15, 0.2) is 41.5 Å². The first-order chi connectivity index (χ1) is 11.6. The molecule has 0 atom stereocenters. The second-order valence-corrected chi connectivity index (χ2v) is 6.40. The summed E-state index contributed by atoms with van der Waals surface area (Å²) >= 11 is 1.36. The van der Waals surface area contributed by atoms with Crippen molar-refractivity contribution < 1.29 is 4.74 Å². The lowest BCUT2D eigenvalue weighted by atomic mass is 10.1. The average Bonchev–Trinajstić information content (AvgIpc) is 2.96. The molecule has 0 radical (unpaired) electrons. The molecule has 2 heterocycles. The van der Waals surface area contributed by atoms with Gasteiger partial charge < -0.3 is 9.64 Å². The summed E-state index contributed by atoms with van der Waals surface area (Å²) in [5.74, 6) is 0.811. The zero-order valence-corrected chi connectivity index (χ0v) is 14.5. The van der Waals surface area contributed by atoms with Crippen molar-refractivity contribution in [3.63, 3.8) is 0 Å². The highest BCUT2D eigenvalue weighted by atomic mass is 32.1. The van der Waals surface area contributed by atoms with Gasteiger partial charge in [0.15, 0.2) is 0 Å². The molecule has 3 rings (SSSR count). The number of methoxy groups -OCH3 is 1. The highest BCUT2D eigenvalue weighted by molar-refractivity contribution is 7.19. The van der Waals surface area contributed by atoms with Gasteiger partial charge in [-0.25, -0.2) is 9.98 Å². The molecule has 0 spiro atoms. The van der Waals surface area contributed by atoms with Gasteiger partial charge in [0, 0.05) is 31.2 Å². The molecular weight excluding hydrogens is 320 g/mol. The van der Waals surface area contributed by atoms with Crippen molar-refractivity contribution in [1.82, 2.24) is 9.88 Å². The SMILES string of the molecule is COc1ccc(-c2cnc3sc(C#N)c(N=CN(C)C)c3c2)cc1. The molecule has 0 aliphatic rings. The molecule has 0 saturated carbocycles. The minimum absolute atomic E-state index is 0.572. The quantitative estimate of drug-likeness (QED) is 0.532. The molecule has 6 heteroatoms. The van der Waals surface area contributed by atoms with Crippen LogP contribution < -0.4 is 4.74 Å². The van der Waals surface area contributed by atoms with Gasteiger partial charge in [-0.15, -0.1) is 11.3 Å². The van der Waals surface area contributed by atoms with Gasteiger partial charge in [0.2, 0.25) is 0 Å². The first-order valence-corrected chi connectivity index (χ1v) is 8.11. The largest absolute Gasteiger partial charge is 0.497 e. The van der Waals surface area contributed by atoms with Gasteiger partial charge in [0.25, 0.3) is 0 Å². The number of nitriles is 1. The molecule has 0 aliphatic heterocycles. The summed E-state index contributed by atoms with van der Waals surface area (Å²) in [4.78, 5) is 12.2. The second kappa shape index (κ2) is 6.69. The molecule has 0 amide bonds. The van der Waals surface area contributed by atoms with Gasteiger partial charge in [0.05, 0.1) is 13.4 Å². The lowest BCUT2D eigenvalue weighted by Crippen LogP contribution is -2.06.